The van der Waals surface area contributed by atoms with E-state index in [9.17, 15) is 75.1 Å². The molecule has 10 heterocycles. The number of carbonyl (C=O) groups is 12. The minimum absolute atomic E-state index is 0.0196. The van der Waals surface area contributed by atoms with Crippen LogP contribution in [0.3, 0.4) is 0 Å². The average Bonchev–Trinajstić information content (AvgIpc) is 0.801. The summed E-state index contributed by atoms with van der Waals surface area (Å²) < 4.78 is 56.8. The summed E-state index contributed by atoms with van der Waals surface area (Å²) in [5.41, 5.74) is 14.3. The Morgan fingerprint density at radius 2 is 0.597 bits per heavy atom. The van der Waals surface area contributed by atoms with Gasteiger partial charge < -0.3 is 61.7 Å². The van der Waals surface area contributed by atoms with Gasteiger partial charge in [-0.1, -0.05) is 24.3 Å². The molecular weight excluding hydrogens is 1850 g/mol. The van der Waals surface area contributed by atoms with Crippen molar-refractivity contribution in [1.82, 2.24) is 75.5 Å². The Labute approximate surface area is 834 Å². The van der Waals surface area contributed by atoms with Crippen molar-refractivity contribution in [3.8, 4) is 24.3 Å². The fourth-order valence-corrected chi connectivity index (χ4v) is 15.7. The molecule has 34 nitrogen and oxygen atoms in total. The number of carboxylic acids is 2. The van der Waals surface area contributed by atoms with Crippen LogP contribution in [-0.2, 0) is 13.1 Å². The predicted octanol–water partition coefficient (Wildman–Crippen LogP) is 11.5. The Hall–Kier alpha value is -16.5. The third-order valence-electron chi connectivity index (χ3n) is 24.0. The van der Waals surface area contributed by atoms with Gasteiger partial charge in [-0.25, -0.2) is 23.4 Å². The van der Waals surface area contributed by atoms with E-state index in [0.29, 0.717) is 159 Å². The molecule has 6 aliphatic rings. The molecule has 0 unspecified atom stereocenters. The third kappa shape index (κ3) is 34.5. The molecule has 0 atom stereocenters. The van der Waals surface area contributed by atoms with Gasteiger partial charge in [0.2, 0.25) is 0 Å². The summed E-state index contributed by atoms with van der Waals surface area (Å²) >= 11 is 0. The molecule has 6 saturated heterocycles. The number of pyridine rings is 4. The van der Waals surface area contributed by atoms with Crippen LogP contribution < -0.4 is 27.0 Å². The number of carboxylic acid groups (broad SMARTS) is 2. The highest BCUT2D eigenvalue weighted by Gasteiger charge is 2.31. The number of alkyl halides is 2. The highest BCUT2D eigenvalue weighted by atomic mass is 19.1. The second kappa shape index (κ2) is 57.3. The van der Waals surface area contributed by atoms with Gasteiger partial charge in [0.15, 0.2) is 11.6 Å². The molecule has 10 aromatic rings. The minimum atomic E-state index is -1.10. The third-order valence-corrected chi connectivity index (χ3v) is 24.0. The molecule has 6 aliphatic heterocycles. The summed E-state index contributed by atoms with van der Waals surface area (Å²) in [7, 11) is -2.00. The van der Waals surface area contributed by atoms with Gasteiger partial charge in [0.25, 0.3) is 47.3 Å². The molecule has 0 radical (unpaired) electrons. The number of benzene rings is 6. The van der Waals surface area contributed by atoms with Crippen LogP contribution in [-0.4, -0.2) is 278 Å². The quantitative estimate of drug-likeness (QED) is 0.0292. The average molecular weight is 1970 g/mol. The number of rotatable bonds is 19. The minimum Gasteiger partial charge on any atom is -0.478 e. The van der Waals surface area contributed by atoms with E-state index in [1.54, 1.807) is 147 Å². The summed E-state index contributed by atoms with van der Waals surface area (Å²) in [5.74, 6) is -4.14. The molecule has 16 rings (SSSR count). The number of ketones is 2. The molecule has 0 aliphatic carbocycles. The molecule has 144 heavy (non-hydrogen) atoms. The number of nitrogens with zero attached hydrogens (tertiary/aromatic N) is 15. The van der Waals surface area contributed by atoms with E-state index in [2.05, 4.69) is 51.0 Å². The van der Waals surface area contributed by atoms with Crippen molar-refractivity contribution in [2.75, 3.05) is 119 Å². The molecule has 0 spiro atoms. The van der Waals surface area contributed by atoms with Crippen molar-refractivity contribution in [2.24, 2.45) is 5.73 Å². The zero-order chi connectivity index (χ0) is 106. The van der Waals surface area contributed by atoms with Crippen LogP contribution in [0.15, 0.2) is 219 Å². The largest absolute Gasteiger partial charge is 0.478 e. The summed E-state index contributed by atoms with van der Waals surface area (Å²) in [6.45, 7) is 15.9. The lowest BCUT2D eigenvalue weighted by atomic mass is 10.0. The fraction of sp³-hybridized carbons (Fsp3) is 0.321. The van der Waals surface area contributed by atoms with E-state index >= 15 is 0 Å². The van der Waals surface area contributed by atoms with Gasteiger partial charge in [-0.15, -0.1) is 0 Å². The lowest BCUT2D eigenvalue weighted by Crippen LogP contribution is -2.48. The lowest BCUT2D eigenvalue weighted by Gasteiger charge is -2.34. The zero-order valence-corrected chi connectivity index (χ0v) is 79.5. The molecule has 6 aromatic carbocycles. The fourth-order valence-electron chi connectivity index (χ4n) is 15.7. The number of piperidine rings is 4. The summed E-state index contributed by atoms with van der Waals surface area (Å²) in [5, 5.41) is 64.7. The van der Waals surface area contributed by atoms with E-state index in [1.807, 2.05) is 41.3 Å². The molecule has 38 heteroatoms. The van der Waals surface area contributed by atoms with Crippen LogP contribution in [0, 0.1) is 57.0 Å². The Bertz CT molecular complexity index is 6010. The van der Waals surface area contributed by atoms with Gasteiger partial charge in [-0.2, -0.15) is 21.0 Å². The van der Waals surface area contributed by atoms with Crippen molar-refractivity contribution < 1.29 is 88.1 Å². The molecule has 8 N–H and O–H groups in total. The predicted molar refractivity (Wildman–Crippen MR) is 524 cm³/mol. The monoisotopic (exact) mass is 1970 g/mol. The van der Waals surface area contributed by atoms with Crippen LogP contribution >= 0.6 is 0 Å². The first-order valence-electron chi connectivity index (χ1n) is 47.6. The first-order chi connectivity index (χ1) is 70.3. The number of hydrogen-bond donors (Lipinski definition) is 7. The van der Waals surface area contributed by atoms with Crippen LogP contribution in [0.1, 0.15) is 226 Å². The highest BCUT2D eigenvalue weighted by Crippen LogP contribution is 2.23. The SMILES string of the molecule is CC(=O)c1ccc(C(=O)NC2CCN(C(=O)c3ccc(C#N)cc3)CC2)nc1.CC(=O)c1ccc(C(=O)O)nc1.Fc1ccc(CN2CCNCC2)cc1.N#Cc1ccc(C(=O)N2CCC(N)CC2)cc1.N#Cc1ccc(C(=O)N2CCC(NC(=O)c3ccc(C(=O)N4CCN(Cc5ccc(F)cc5)CC4)cn3)CC2)cc1.N#Cc1ccc(C(=O)N2CCC(NC(=O)c3ccc(C(=O)O)cn3)CC2)cc1.[2H]CF.[2H]CF. The molecule has 8 amide bonds. The number of likely N-dealkylation sites (tertiary alicyclic amines) is 4. The van der Waals surface area contributed by atoms with E-state index in [1.165, 1.54) is 92.6 Å². The number of piperazine rings is 2. The standard InChI is InChI=1S/C31H31FN6O3.C21H20N4O3.C20H18N4O4.C13H15N3O.C11H15FN2.C8H7NO3.2CH3F/c32-26-8-3-23(4-9-26)21-36-15-17-38(18-16-36)31(41)25-7-10-28(34-20-25)29(39)35-27-11-13-37(14-12-27)30(40)24-5-1-22(19-33)2-6-24;1-14(26)17-6-7-19(23-13-17)20(27)24-18-8-10-25(11-9-18)21(28)16-4-2-15(12-22)3-5-16;21-11-13-1-3-14(4-2-13)19(26)24-9-7-16(8-10-24)23-18(25)17-6-5-15(12-22-17)20(27)28;14-9-10-1-3-11(4-2-10)13(17)16-7-5-12(15)6-8-16;12-11-3-1-10(2-4-11)9-14-7-5-13-6-8-14;1-5(10)6-2-3-7(8(11)12)9-4-6;2*1-2/h1-10,20,27H,11-18,21H2,(H,35,39);2-7,13,18H,8-11H2,1H3,(H,24,27);1-6,12,16H,7-10H2,(H,23,25)(H,27,28);1-4,12H,5-8,15H2;1-4,13H,5-9H2;2-4H,1H3,(H,11,12);2*1H3/i;;;;;;2*1D. The van der Waals surface area contributed by atoms with E-state index in [4.69, 9.17) is 39.7 Å². The Balaban J connectivity index is 0.000000201. The van der Waals surface area contributed by atoms with Gasteiger partial charge in [0.05, 0.1) is 74.7 Å². The smallest absolute Gasteiger partial charge is 0.354 e. The first kappa shape index (κ1) is 108. The maximum Gasteiger partial charge on any atom is 0.354 e. The molecule has 0 bridgehead atoms. The van der Waals surface area contributed by atoms with E-state index in [-0.39, 0.29) is 123 Å². The number of nitrogens with one attached hydrogen (secondary N) is 4. The van der Waals surface area contributed by atoms with Crippen molar-refractivity contribution >= 4 is 70.8 Å². The maximum atomic E-state index is 13.1. The van der Waals surface area contributed by atoms with Crippen LogP contribution in [0.4, 0.5) is 17.6 Å². The van der Waals surface area contributed by atoms with E-state index in [0.717, 1.165) is 83.5 Å². The van der Waals surface area contributed by atoms with Crippen molar-refractivity contribution in [3.63, 3.8) is 0 Å². The van der Waals surface area contributed by atoms with Crippen molar-refractivity contribution in [2.45, 2.75) is 102 Å². The van der Waals surface area contributed by atoms with Gasteiger partial charge in [-0.05, 0) is 246 Å². The van der Waals surface area contributed by atoms with Crippen LogP contribution in [0.5, 0.6) is 0 Å². The summed E-state index contributed by atoms with van der Waals surface area (Å²) in [6, 6.07) is 59.6. The van der Waals surface area contributed by atoms with Crippen LogP contribution in [0.25, 0.3) is 0 Å². The summed E-state index contributed by atoms with van der Waals surface area (Å²) in [6.07, 6.45) is 10.7. The van der Waals surface area contributed by atoms with Gasteiger partial charge in [0, 0.05) is 200 Å². The number of halogens is 4. The summed E-state index contributed by atoms with van der Waals surface area (Å²) in [4.78, 5) is 173. The zero-order valence-electron chi connectivity index (χ0n) is 81.5. The van der Waals surface area contributed by atoms with Crippen molar-refractivity contribution in [1.29, 1.82) is 21.0 Å². The Morgan fingerprint density at radius 3 is 0.861 bits per heavy atom. The molecule has 4 aromatic heterocycles. The highest BCUT2D eigenvalue weighted by molar-refractivity contribution is 6.00. The lowest BCUT2D eigenvalue weighted by molar-refractivity contribution is 0.0624. The number of nitrogens with two attached hydrogens (primary N) is 1. The molecule has 748 valence electrons. The Morgan fingerprint density at radius 1 is 0.347 bits per heavy atom. The molecule has 0 saturated carbocycles. The Kier molecular flexibility index (Phi) is 42.9. The van der Waals surface area contributed by atoms with Crippen molar-refractivity contribution in [3.05, 3.63) is 331 Å². The topological polar surface area (TPSA) is 489 Å². The molecular formula is C106H112F4N20O14. The number of Topliss-reactive ketones (excluding diaryl/α,β-unsaturated/α-hetero) is 2. The number of aromatic carboxylic acids is 2. The number of carbonyl (C=O) groups excluding carboxylic acids is 10. The van der Waals surface area contributed by atoms with Gasteiger partial charge >= 0.3 is 11.9 Å². The van der Waals surface area contributed by atoms with E-state index < -0.39 is 26.2 Å². The number of hydrogen-bond acceptors (Lipinski definition) is 24. The van der Waals surface area contributed by atoms with Crippen LogP contribution in [0.2, 0.25) is 0 Å². The van der Waals surface area contributed by atoms with Gasteiger partial charge in [0.1, 0.15) is 34.4 Å². The number of nitriles is 4. The molecule has 6 fully saturated rings. The maximum absolute atomic E-state index is 13.1. The second-order valence-corrected chi connectivity index (χ2v) is 33.8. The second-order valence-electron chi connectivity index (χ2n) is 33.8. The normalized spacial score (nSPS) is 14.9. The number of aromatic nitrogens is 4. The van der Waals surface area contributed by atoms with Gasteiger partial charge in [-0.3, -0.25) is 81.5 Å². The first-order valence-corrected chi connectivity index (χ1v) is 46.2. The number of amides is 8.